The average Bonchev–Trinajstić information content (AvgIpc) is 2.12. The van der Waals surface area contributed by atoms with Gasteiger partial charge in [-0.3, -0.25) is 9.59 Å². The number of aliphatic hydroxyl groups excluding tert-OH is 2. The Kier molecular flexibility index (Phi) is 16.7. The van der Waals surface area contributed by atoms with Crippen LogP contribution >= 0.6 is 0 Å². The highest BCUT2D eigenvalue weighted by Crippen LogP contribution is 2.72. The van der Waals surface area contributed by atoms with Crippen LogP contribution in [0.1, 0.15) is 171 Å². The van der Waals surface area contributed by atoms with Crippen LogP contribution in [0.5, 0.6) is 0 Å². The maximum Gasteiger partial charge on any atom is 0.331 e. The summed E-state index contributed by atoms with van der Waals surface area (Å²) >= 11 is 0. The lowest BCUT2D eigenvalue weighted by Gasteiger charge is -2.63. The Labute approximate surface area is 484 Å². The van der Waals surface area contributed by atoms with Gasteiger partial charge >= 0.3 is 23.9 Å². The van der Waals surface area contributed by atoms with Gasteiger partial charge < -0.3 is 67.8 Å². The molecule has 12 aliphatic rings. The molecule has 10 fully saturated rings. The lowest BCUT2D eigenvalue weighted by molar-refractivity contribution is -0.273. The summed E-state index contributed by atoms with van der Waals surface area (Å²) in [5.41, 5.74) is -1.12. The van der Waals surface area contributed by atoms with Crippen molar-refractivity contribution in [1.29, 1.82) is 0 Å². The van der Waals surface area contributed by atoms with E-state index in [1.54, 1.807) is 26.4 Å². The zero-order valence-electron chi connectivity index (χ0n) is 50.3. The van der Waals surface area contributed by atoms with Gasteiger partial charge in [0.05, 0.1) is 47.8 Å². The third-order valence-electron chi connectivity index (χ3n) is 25.0. The summed E-state index contributed by atoms with van der Waals surface area (Å²) in [6, 6.07) is 0. The van der Waals surface area contributed by atoms with Crippen LogP contribution in [0.2, 0.25) is 0 Å². The van der Waals surface area contributed by atoms with Crippen molar-refractivity contribution < 1.29 is 87.0 Å². The first-order valence-corrected chi connectivity index (χ1v) is 31.4. The van der Waals surface area contributed by atoms with Crippen LogP contribution in [0.15, 0.2) is 23.3 Å². The molecule has 0 bridgehead atoms. The third-order valence-corrected chi connectivity index (χ3v) is 25.0. The molecule has 18 heteroatoms. The van der Waals surface area contributed by atoms with Crippen LogP contribution in [0, 0.1) is 69.0 Å². The van der Waals surface area contributed by atoms with Crippen LogP contribution in [0.4, 0.5) is 0 Å². The third kappa shape index (κ3) is 10.2. The zero-order chi connectivity index (χ0) is 58.6. The second-order valence-electron chi connectivity index (χ2n) is 28.7. The fraction of sp³-hybridized carbons (Fsp3) is 0.875. The largest absolute Gasteiger partial charge is 0.462 e. The fourth-order valence-electron chi connectivity index (χ4n) is 20.8. The summed E-state index contributed by atoms with van der Waals surface area (Å²) in [5.74, 6) is 0.0349. The molecule has 4 N–H and O–H groups in total. The van der Waals surface area contributed by atoms with E-state index in [-0.39, 0.29) is 121 Å². The van der Waals surface area contributed by atoms with Gasteiger partial charge in [-0.05, 0) is 161 Å². The van der Waals surface area contributed by atoms with E-state index < -0.39 is 46.4 Å². The van der Waals surface area contributed by atoms with E-state index >= 15 is 0 Å². The maximum absolute atomic E-state index is 12.7. The first-order valence-electron chi connectivity index (χ1n) is 31.4. The first-order chi connectivity index (χ1) is 38.8. The second-order valence-corrected chi connectivity index (χ2v) is 28.7. The van der Waals surface area contributed by atoms with Crippen molar-refractivity contribution in [1.82, 2.24) is 0 Å². The van der Waals surface area contributed by atoms with Crippen LogP contribution in [-0.2, 0) is 66.5 Å². The molecule has 0 amide bonds. The van der Waals surface area contributed by atoms with Gasteiger partial charge in [-0.25, -0.2) is 9.59 Å². The lowest BCUT2D eigenvalue weighted by atomic mass is 9.43. The molecule has 8 saturated carbocycles. The Hall–Kier alpha value is -3.04. The van der Waals surface area contributed by atoms with Crippen LogP contribution < -0.4 is 0 Å². The number of esters is 4. The SMILES string of the molecule is CO[C@H]1C[C@H](O[C@H]2CC[C@@]3(C)[C@H](CC[C@@H]4[C@@H]3CC[C@]3(C)[C@@H](C5=CC(=O)OC5)[C@@H](OC(C)=O)C[C@]43O)C2)O[C@@H](C)[C@@H]1O.CO[C@H]1C[C@H](O[C@H]2CC[C@@]3(C)[C@H](CC[C@@H]4[C@@H]3CC[C@]3(C)[C@@H](C5=CC(=O)OC5)[C@@H](OC(C)=O)C[C@]43O)C2)O[C@@H](C)[C@@H]1O. The Balaban J connectivity index is 0.000000172. The second kappa shape index (κ2) is 22.6. The normalized spacial score (nSPS) is 51.2. The molecule has 0 unspecified atom stereocenters. The number of ether oxygens (including phenoxy) is 10. The monoisotopic (exact) mass is 1150 g/mol. The average molecular weight is 1150 g/mol. The predicted octanol–water partition coefficient (Wildman–Crippen LogP) is 7.36. The van der Waals surface area contributed by atoms with E-state index in [4.69, 9.17) is 47.4 Å². The molecule has 0 aromatic carbocycles. The van der Waals surface area contributed by atoms with Crippen molar-refractivity contribution in [3.63, 3.8) is 0 Å². The molecule has 0 spiro atoms. The van der Waals surface area contributed by atoms with Gasteiger partial charge in [0.15, 0.2) is 12.6 Å². The Morgan fingerprint density at radius 1 is 0.537 bits per heavy atom. The summed E-state index contributed by atoms with van der Waals surface area (Å²) in [7, 11) is 3.24. The van der Waals surface area contributed by atoms with E-state index in [1.807, 2.05) is 13.8 Å². The molecule has 4 heterocycles. The molecule has 26 atom stereocenters. The molecule has 18 nitrogen and oxygen atoms in total. The van der Waals surface area contributed by atoms with Gasteiger partial charge in [-0.2, -0.15) is 0 Å². The fourth-order valence-corrected chi connectivity index (χ4v) is 20.8. The molecule has 0 aromatic rings. The number of hydrogen-bond acceptors (Lipinski definition) is 18. The highest BCUT2D eigenvalue weighted by atomic mass is 16.7. The van der Waals surface area contributed by atoms with Crippen molar-refractivity contribution in [2.45, 2.75) is 256 Å². The topological polar surface area (TPSA) is 241 Å². The number of cyclic esters (lactones) is 2. The number of aliphatic hydroxyl groups is 4. The zero-order valence-corrected chi connectivity index (χ0v) is 50.3. The molecule has 82 heavy (non-hydrogen) atoms. The molecule has 12 rings (SSSR count). The number of fused-ring (bicyclic) bond motifs is 10. The van der Waals surface area contributed by atoms with Gasteiger partial charge in [0.1, 0.15) is 37.6 Å². The number of rotatable bonds is 10. The van der Waals surface area contributed by atoms with Crippen molar-refractivity contribution in [3.05, 3.63) is 23.3 Å². The first kappa shape index (κ1) is 60.6. The highest BCUT2D eigenvalue weighted by Gasteiger charge is 2.73. The number of carbonyl (C=O) groups excluding carboxylic acids is 4. The molecule has 8 aliphatic carbocycles. The highest BCUT2D eigenvalue weighted by molar-refractivity contribution is 5.86. The van der Waals surface area contributed by atoms with Crippen LogP contribution in [0.25, 0.3) is 0 Å². The number of carbonyl (C=O) groups is 4. The Bertz CT molecular complexity index is 2320. The van der Waals surface area contributed by atoms with Gasteiger partial charge in [0.2, 0.25) is 0 Å². The summed E-state index contributed by atoms with van der Waals surface area (Å²) in [6.07, 6.45) is 14.3. The van der Waals surface area contributed by atoms with E-state index in [9.17, 15) is 39.6 Å². The molecular weight excluding hydrogens is 1060 g/mol. The van der Waals surface area contributed by atoms with Crippen LogP contribution in [-0.4, -0.2) is 157 Å². The summed E-state index contributed by atoms with van der Waals surface area (Å²) in [4.78, 5) is 48.3. The van der Waals surface area contributed by atoms with E-state index in [1.165, 1.54) is 13.8 Å². The molecule has 0 aromatic heterocycles. The number of hydrogen-bond donors (Lipinski definition) is 4. The molecule has 4 aliphatic heterocycles. The van der Waals surface area contributed by atoms with Crippen LogP contribution in [0.3, 0.4) is 0 Å². The predicted molar refractivity (Wildman–Crippen MR) is 295 cm³/mol. The quantitative estimate of drug-likeness (QED) is 0.0949. The van der Waals surface area contributed by atoms with E-state index in [0.717, 1.165) is 101 Å². The van der Waals surface area contributed by atoms with Gasteiger partial charge in [0, 0.05) is 88.6 Å². The standard InChI is InChI=1S/2C32H48O9/c2*1-17-29(35)24(37-5)14-27(39-17)41-21-8-10-30(3)20(13-21)6-7-23-22(30)9-11-31(4)28(19-12-26(34)38-16-19)25(40-18(2)33)15-32(23,31)36/h2*12,17,20-25,27-29,35-36H,6-11,13-16H2,1-5H3/t2*17-,20+,21-,22-,23+,24-,25-,27-,28-,29-,30-,31+,32-/m00/s1. The minimum atomic E-state index is -0.990. The van der Waals surface area contributed by atoms with Gasteiger partial charge in [0.25, 0.3) is 0 Å². The molecule has 2 saturated heterocycles. The lowest BCUT2D eigenvalue weighted by Crippen LogP contribution is -2.62. The smallest absolute Gasteiger partial charge is 0.331 e. The van der Waals surface area contributed by atoms with Crippen molar-refractivity contribution in [2.24, 2.45) is 69.0 Å². The summed E-state index contributed by atoms with van der Waals surface area (Å²) in [6.45, 7) is 16.1. The Morgan fingerprint density at radius 3 is 1.27 bits per heavy atom. The summed E-state index contributed by atoms with van der Waals surface area (Å²) < 4.78 is 58.2. The molecule has 0 radical (unpaired) electrons. The van der Waals surface area contributed by atoms with E-state index in [2.05, 4.69) is 27.7 Å². The number of methoxy groups -OCH3 is 2. The van der Waals surface area contributed by atoms with Gasteiger partial charge in [-0.15, -0.1) is 0 Å². The van der Waals surface area contributed by atoms with Crippen molar-refractivity contribution >= 4 is 23.9 Å². The van der Waals surface area contributed by atoms with Crippen molar-refractivity contribution in [2.75, 3.05) is 27.4 Å². The van der Waals surface area contributed by atoms with Gasteiger partial charge in [-0.1, -0.05) is 27.7 Å². The minimum absolute atomic E-state index is 0.0898. The Morgan fingerprint density at radius 2 is 0.927 bits per heavy atom. The minimum Gasteiger partial charge on any atom is -0.462 e. The molecular formula is C64H96O18. The van der Waals surface area contributed by atoms with Crippen molar-refractivity contribution in [3.8, 4) is 0 Å². The van der Waals surface area contributed by atoms with E-state index in [0.29, 0.717) is 49.4 Å². The maximum atomic E-state index is 12.7. The molecule has 460 valence electrons. The summed E-state index contributed by atoms with van der Waals surface area (Å²) in [5, 5.41) is 46.1.